The average molecular weight is 271 g/mol. The average Bonchev–Trinajstić information content (AvgIpc) is 2.45. The summed E-state index contributed by atoms with van der Waals surface area (Å²) in [7, 11) is 0. The van der Waals surface area contributed by atoms with Crippen LogP contribution in [-0.2, 0) is 0 Å². The zero-order valence-electron chi connectivity index (χ0n) is 12.4. The lowest BCUT2D eigenvalue weighted by molar-refractivity contribution is 0.590. The summed E-state index contributed by atoms with van der Waals surface area (Å²) in [6.07, 6.45) is 1.07. The van der Waals surface area contributed by atoms with Gasteiger partial charge < -0.3 is 5.32 Å². The van der Waals surface area contributed by atoms with Gasteiger partial charge in [-0.05, 0) is 49.6 Å². The van der Waals surface area contributed by atoms with Crippen molar-refractivity contribution in [1.82, 2.24) is 5.32 Å². The molecule has 0 saturated carbocycles. The van der Waals surface area contributed by atoms with Crippen molar-refractivity contribution in [3.8, 4) is 0 Å². The predicted octanol–water partition coefficient (Wildman–Crippen LogP) is 4.53. The van der Waals surface area contributed by atoms with Crippen LogP contribution >= 0.6 is 0 Å². The molecule has 0 aliphatic heterocycles. The van der Waals surface area contributed by atoms with Crippen LogP contribution in [0.4, 0.5) is 4.39 Å². The first-order valence-corrected chi connectivity index (χ1v) is 7.18. The standard InChI is InChI=1S/C18H22FN/c1-4-11-20-18(15-7-5-13(2)6-8-15)16-9-10-17(19)14(3)12-16/h5-10,12,18,20H,4,11H2,1-3H3. The Hall–Kier alpha value is -1.67. The van der Waals surface area contributed by atoms with Crippen molar-refractivity contribution in [2.24, 2.45) is 0 Å². The first kappa shape index (κ1) is 14.7. The number of rotatable bonds is 5. The van der Waals surface area contributed by atoms with Gasteiger partial charge in [-0.1, -0.05) is 48.9 Å². The molecule has 106 valence electrons. The Kier molecular flexibility index (Phi) is 4.91. The minimum Gasteiger partial charge on any atom is -0.306 e. The molecule has 2 rings (SSSR count). The van der Waals surface area contributed by atoms with E-state index in [4.69, 9.17) is 0 Å². The maximum atomic E-state index is 13.4. The predicted molar refractivity (Wildman–Crippen MR) is 82.5 cm³/mol. The number of benzene rings is 2. The van der Waals surface area contributed by atoms with Crippen molar-refractivity contribution in [3.63, 3.8) is 0 Å². The zero-order valence-corrected chi connectivity index (χ0v) is 12.4. The summed E-state index contributed by atoms with van der Waals surface area (Å²) >= 11 is 0. The Morgan fingerprint density at radius 1 is 1.00 bits per heavy atom. The molecule has 0 fully saturated rings. The van der Waals surface area contributed by atoms with E-state index < -0.39 is 0 Å². The van der Waals surface area contributed by atoms with E-state index >= 15 is 0 Å². The van der Waals surface area contributed by atoms with Gasteiger partial charge in [-0.2, -0.15) is 0 Å². The van der Waals surface area contributed by atoms with Gasteiger partial charge in [-0.25, -0.2) is 4.39 Å². The third-order valence-electron chi connectivity index (χ3n) is 3.52. The summed E-state index contributed by atoms with van der Waals surface area (Å²) in [5.74, 6) is -0.146. The maximum Gasteiger partial charge on any atom is 0.126 e. The van der Waals surface area contributed by atoms with Gasteiger partial charge in [0.05, 0.1) is 6.04 Å². The van der Waals surface area contributed by atoms with E-state index in [1.54, 1.807) is 6.07 Å². The quantitative estimate of drug-likeness (QED) is 0.842. The maximum absolute atomic E-state index is 13.4. The lowest BCUT2D eigenvalue weighted by Crippen LogP contribution is -2.23. The molecule has 0 amide bonds. The van der Waals surface area contributed by atoms with Crippen molar-refractivity contribution in [1.29, 1.82) is 0 Å². The molecule has 2 aromatic carbocycles. The number of halogens is 1. The van der Waals surface area contributed by atoms with E-state index in [9.17, 15) is 4.39 Å². The third-order valence-corrected chi connectivity index (χ3v) is 3.52. The highest BCUT2D eigenvalue weighted by atomic mass is 19.1. The molecule has 0 saturated heterocycles. The fourth-order valence-corrected chi connectivity index (χ4v) is 2.32. The second kappa shape index (κ2) is 6.67. The van der Waals surface area contributed by atoms with Crippen molar-refractivity contribution in [2.45, 2.75) is 33.2 Å². The van der Waals surface area contributed by atoms with Crippen molar-refractivity contribution in [2.75, 3.05) is 6.54 Å². The molecule has 1 nitrogen and oxygen atoms in total. The van der Waals surface area contributed by atoms with Gasteiger partial charge in [-0.3, -0.25) is 0 Å². The fourth-order valence-electron chi connectivity index (χ4n) is 2.32. The highest BCUT2D eigenvalue weighted by Gasteiger charge is 2.14. The summed E-state index contributed by atoms with van der Waals surface area (Å²) in [6.45, 7) is 6.98. The van der Waals surface area contributed by atoms with E-state index in [0.29, 0.717) is 5.56 Å². The zero-order chi connectivity index (χ0) is 14.5. The van der Waals surface area contributed by atoms with Crippen LogP contribution in [0.1, 0.15) is 41.6 Å². The topological polar surface area (TPSA) is 12.0 Å². The van der Waals surface area contributed by atoms with E-state index in [0.717, 1.165) is 18.5 Å². The smallest absolute Gasteiger partial charge is 0.126 e. The minimum absolute atomic E-state index is 0.120. The summed E-state index contributed by atoms with van der Waals surface area (Å²) in [5, 5.41) is 3.55. The molecule has 1 N–H and O–H groups in total. The first-order valence-electron chi connectivity index (χ1n) is 7.18. The molecule has 0 bridgehead atoms. The van der Waals surface area contributed by atoms with Crippen LogP contribution in [0.15, 0.2) is 42.5 Å². The molecule has 0 aliphatic carbocycles. The SMILES string of the molecule is CCCNC(c1ccc(C)cc1)c1ccc(F)c(C)c1. The summed E-state index contributed by atoms with van der Waals surface area (Å²) in [5.41, 5.74) is 4.27. The second-order valence-corrected chi connectivity index (χ2v) is 5.31. The van der Waals surface area contributed by atoms with E-state index in [-0.39, 0.29) is 11.9 Å². The molecule has 0 aliphatic rings. The minimum atomic E-state index is -0.146. The van der Waals surface area contributed by atoms with E-state index in [1.807, 2.05) is 19.1 Å². The molecule has 1 unspecified atom stereocenters. The molecular weight excluding hydrogens is 249 g/mol. The van der Waals surface area contributed by atoms with Crippen LogP contribution in [-0.4, -0.2) is 6.54 Å². The van der Waals surface area contributed by atoms with Crippen molar-refractivity contribution in [3.05, 3.63) is 70.5 Å². The first-order chi connectivity index (χ1) is 9.61. The lowest BCUT2D eigenvalue weighted by Gasteiger charge is -2.20. The number of hydrogen-bond donors (Lipinski definition) is 1. The van der Waals surface area contributed by atoms with E-state index in [1.165, 1.54) is 11.1 Å². The molecule has 0 radical (unpaired) electrons. The monoisotopic (exact) mass is 271 g/mol. The van der Waals surface area contributed by atoms with Crippen molar-refractivity contribution >= 4 is 0 Å². The highest BCUT2D eigenvalue weighted by molar-refractivity contribution is 5.35. The van der Waals surface area contributed by atoms with Gasteiger partial charge in [0.15, 0.2) is 0 Å². The van der Waals surface area contributed by atoms with Crippen LogP contribution in [0.3, 0.4) is 0 Å². The van der Waals surface area contributed by atoms with Gasteiger partial charge in [-0.15, -0.1) is 0 Å². The van der Waals surface area contributed by atoms with Crippen molar-refractivity contribution < 1.29 is 4.39 Å². The number of hydrogen-bond acceptors (Lipinski definition) is 1. The van der Waals surface area contributed by atoms with Crippen LogP contribution in [0, 0.1) is 19.7 Å². The molecule has 1 atom stereocenters. The Morgan fingerprint density at radius 3 is 2.25 bits per heavy atom. The van der Waals surface area contributed by atoms with Gasteiger partial charge in [0.2, 0.25) is 0 Å². The number of nitrogens with one attached hydrogen (secondary N) is 1. The van der Waals surface area contributed by atoms with Crippen LogP contribution < -0.4 is 5.32 Å². The van der Waals surface area contributed by atoms with E-state index in [2.05, 4.69) is 43.4 Å². The van der Waals surface area contributed by atoms with Gasteiger partial charge in [0.1, 0.15) is 5.82 Å². The Morgan fingerprint density at radius 2 is 1.65 bits per heavy atom. The molecule has 0 aromatic heterocycles. The van der Waals surface area contributed by atoms with Gasteiger partial charge in [0, 0.05) is 0 Å². The van der Waals surface area contributed by atoms with Gasteiger partial charge >= 0.3 is 0 Å². The molecule has 20 heavy (non-hydrogen) atoms. The Labute approximate surface area is 120 Å². The molecular formula is C18H22FN. The number of aryl methyl sites for hydroxylation is 2. The molecule has 0 heterocycles. The third kappa shape index (κ3) is 3.45. The normalized spacial score (nSPS) is 12.4. The van der Waals surface area contributed by atoms with Crippen LogP contribution in [0.25, 0.3) is 0 Å². The van der Waals surface area contributed by atoms with Gasteiger partial charge in [0.25, 0.3) is 0 Å². The van der Waals surface area contributed by atoms with Crippen LogP contribution in [0.5, 0.6) is 0 Å². The highest BCUT2D eigenvalue weighted by Crippen LogP contribution is 2.24. The largest absolute Gasteiger partial charge is 0.306 e. The molecule has 2 aromatic rings. The fraction of sp³-hybridized carbons (Fsp3) is 0.333. The Bertz CT molecular complexity index is 560. The Balaban J connectivity index is 2.35. The summed E-state index contributed by atoms with van der Waals surface area (Å²) in [6, 6.07) is 14.0. The molecule has 2 heteroatoms. The summed E-state index contributed by atoms with van der Waals surface area (Å²) in [4.78, 5) is 0. The lowest BCUT2D eigenvalue weighted by atomic mass is 9.96. The van der Waals surface area contributed by atoms with Crippen LogP contribution in [0.2, 0.25) is 0 Å². The summed E-state index contributed by atoms with van der Waals surface area (Å²) < 4.78 is 13.4. The second-order valence-electron chi connectivity index (χ2n) is 5.31. The molecule has 0 spiro atoms.